The predicted octanol–water partition coefficient (Wildman–Crippen LogP) is 1.42. The molecule has 4 nitrogen and oxygen atoms in total. The lowest BCUT2D eigenvalue weighted by molar-refractivity contribution is 0.0526. The fourth-order valence-corrected chi connectivity index (χ4v) is 0.698. The molecule has 0 unspecified atom stereocenters. The fourth-order valence-electron chi connectivity index (χ4n) is 0.698. The molecule has 1 aromatic heterocycles. The van der Waals surface area contributed by atoms with Crippen LogP contribution in [0.1, 0.15) is 17.3 Å². The molecule has 0 atom stereocenters. The number of rotatable bonds is 2. The molecule has 0 fully saturated rings. The second kappa shape index (κ2) is 5.26. The van der Waals surface area contributed by atoms with Gasteiger partial charge in [0.05, 0.1) is 12.2 Å². The Balaban J connectivity index is 0.00000121. The van der Waals surface area contributed by atoms with Gasteiger partial charge in [-0.3, -0.25) is 4.98 Å². The molecule has 0 bridgehead atoms. The number of pyridine rings is 1. The number of hydrogen-bond donors (Lipinski definition) is 1. The Labute approximate surface area is 71.2 Å². The molecule has 3 N–H and O–H groups in total. The van der Waals surface area contributed by atoms with Crippen molar-refractivity contribution in [3.05, 3.63) is 30.1 Å². The van der Waals surface area contributed by atoms with Crippen LogP contribution >= 0.6 is 0 Å². The summed E-state index contributed by atoms with van der Waals surface area (Å²) in [7, 11) is 0. The van der Waals surface area contributed by atoms with Crippen molar-refractivity contribution in [2.45, 2.75) is 6.92 Å². The summed E-state index contributed by atoms with van der Waals surface area (Å²) in [6, 6.07) is 3.37. The SMILES string of the molecule is CCOC(=O)c1cccnc1.N. The molecule has 0 aliphatic rings. The highest BCUT2D eigenvalue weighted by molar-refractivity contribution is 5.88. The highest BCUT2D eigenvalue weighted by Crippen LogP contribution is 1.97. The van der Waals surface area contributed by atoms with E-state index in [9.17, 15) is 4.79 Å². The van der Waals surface area contributed by atoms with Crippen molar-refractivity contribution in [1.82, 2.24) is 11.1 Å². The van der Waals surface area contributed by atoms with E-state index in [1.165, 1.54) is 6.20 Å². The van der Waals surface area contributed by atoms with Crippen LogP contribution in [0.4, 0.5) is 0 Å². The predicted molar refractivity (Wildman–Crippen MR) is 45.2 cm³/mol. The quantitative estimate of drug-likeness (QED) is 0.677. The molecule has 0 saturated carbocycles. The van der Waals surface area contributed by atoms with Gasteiger partial charge in [-0.15, -0.1) is 0 Å². The summed E-state index contributed by atoms with van der Waals surface area (Å²) in [6.07, 6.45) is 3.10. The largest absolute Gasteiger partial charge is 0.462 e. The van der Waals surface area contributed by atoms with Crippen molar-refractivity contribution in [3.63, 3.8) is 0 Å². The molecule has 1 heterocycles. The molecule has 4 heteroatoms. The van der Waals surface area contributed by atoms with Gasteiger partial charge in [-0.2, -0.15) is 0 Å². The van der Waals surface area contributed by atoms with E-state index < -0.39 is 0 Å². The van der Waals surface area contributed by atoms with Crippen LogP contribution in [0.15, 0.2) is 24.5 Å². The molecule has 0 aliphatic heterocycles. The number of esters is 1. The van der Waals surface area contributed by atoms with E-state index in [0.29, 0.717) is 12.2 Å². The Morgan fingerprint density at radius 2 is 2.42 bits per heavy atom. The van der Waals surface area contributed by atoms with E-state index in [0.717, 1.165) is 0 Å². The van der Waals surface area contributed by atoms with Gasteiger partial charge in [-0.25, -0.2) is 4.79 Å². The normalized spacial score (nSPS) is 8.42. The maximum Gasteiger partial charge on any atom is 0.339 e. The molecular weight excluding hydrogens is 156 g/mol. The zero-order chi connectivity index (χ0) is 8.10. The Hall–Kier alpha value is -1.42. The lowest BCUT2D eigenvalue weighted by Gasteiger charge is -1.98. The average Bonchev–Trinajstić information content (AvgIpc) is 2.07. The molecule has 0 aromatic carbocycles. The van der Waals surface area contributed by atoms with Crippen LogP contribution in [-0.4, -0.2) is 17.6 Å². The lowest BCUT2D eigenvalue weighted by Crippen LogP contribution is -2.04. The minimum absolute atomic E-state index is 0. The Morgan fingerprint density at radius 1 is 1.67 bits per heavy atom. The first kappa shape index (κ1) is 10.6. The molecule has 0 spiro atoms. The lowest BCUT2D eigenvalue weighted by atomic mass is 10.3. The first-order valence-electron chi connectivity index (χ1n) is 3.41. The molecular formula is C8H12N2O2. The number of aromatic nitrogens is 1. The van der Waals surface area contributed by atoms with Crippen molar-refractivity contribution in [2.75, 3.05) is 6.61 Å². The van der Waals surface area contributed by atoms with Gasteiger partial charge in [0.2, 0.25) is 0 Å². The second-order valence-electron chi connectivity index (χ2n) is 1.96. The summed E-state index contributed by atoms with van der Waals surface area (Å²) in [6.45, 7) is 2.17. The molecule has 0 aliphatic carbocycles. The average molecular weight is 168 g/mol. The zero-order valence-corrected chi connectivity index (χ0v) is 6.99. The first-order valence-corrected chi connectivity index (χ1v) is 3.41. The summed E-state index contributed by atoms with van der Waals surface area (Å²) >= 11 is 0. The monoisotopic (exact) mass is 168 g/mol. The molecule has 1 aromatic rings. The van der Waals surface area contributed by atoms with Gasteiger partial charge in [0.1, 0.15) is 0 Å². The van der Waals surface area contributed by atoms with Gasteiger partial charge in [-0.1, -0.05) is 0 Å². The Bertz CT molecular complexity index is 236. The third-order valence-corrected chi connectivity index (χ3v) is 1.17. The smallest absolute Gasteiger partial charge is 0.339 e. The van der Waals surface area contributed by atoms with Gasteiger partial charge in [0.25, 0.3) is 0 Å². The number of ether oxygens (including phenoxy) is 1. The third-order valence-electron chi connectivity index (χ3n) is 1.17. The van der Waals surface area contributed by atoms with Crippen LogP contribution in [0.5, 0.6) is 0 Å². The van der Waals surface area contributed by atoms with Crippen LogP contribution in [0, 0.1) is 0 Å². The van der Waals surface area contributed by atoms with Gasteiger partial charge in [0.15, 0.2) is 0 Å². The summed E-state index contributed by atoms with van der Waals surface area (Å²) < 4.78 is 4.75. The highest BCUT2D eigenvalue weighted by atomic mass is 16.5. The van der Waals surface area contributed by atoms with Crippen molar-refractivity contribution < 1.29 is 9.53 Å². The van der Waals surface area contributed by atoms with Gasteiger partial charge in [0, 0.05) is 12.4 Å². The van der Waals surface area contributed by atoms with E-state index in [-0.39, 0.29) is 12.1 Å². The third kappa shape index (κ3) is 2.67. The highest BCUT2D eigenvalue weighted by Gasteiger charge is 2.03. The molecule has 12 heavy (non-hydrogen) atoms. The van der Waals surface area contributed by atoms with E-state index in [2.05, 4.69) is 4.98 Å². The molecule has 0 radical (unpaired) electrons. The summed E-state index contributed by atoms with van der Waals surface area (Å²) in [5.74, 6) is -0.319. The Morgan fingerprint density at radius 3 is 2.92 bits per heavy atom. The van der Waals surface area contributed by atoms with E-state index in [1.807, 2.05) is 0 Å². The van der Waals surface area contributed by atoms with Crippen LogP contribution in [-0.2, 0) is 4.74 Å². The second-order valence-corrected chi connectivity index (χ2v) is 1.96. The van der Waals surface area contributed by atoms with Crippen molar-refractivity contribution >= 4 is 5.97 Å². The number of nitrogens with zero attached hydrogens (tertiary/aromatic N) is 1. The topological polar surface area (TPSA) is 74.2 Å². The first-order chi connectivity index (χ1) is 5.34. The van der Waals surface area contributed by atoms with Crippen molar-refractivity contribution in [2.24, 2.45) is 0 Å². The van der Waals surface area contributed by atoms with E-state index >= 15 is 0 Å². The molecule has 66 valence electrons. The molecule has 1 rings (SSSR count). The van der Waals surface area contributed by atoms with E-state index in [1.54, 1.807) is 25.3 Å². The number of carbonyl (C=O) groups excluding carboxylic acids is 1. The Kier molecular flexibility index (Phi) is 4.64. The summed E-state index contributed by atoms with van der Waals surface area (Å²) in [5, 5.41) is 0. The molecule has 0 saturated heterocycles. The molecule has 0 amide bonds. The van der Waals surface area contributed by atoms with Crippen molar-refractivity contribution in [3.8, 4) is 0 Å². The van der Waals surface area contributed by atoms with Crippen LogP contribution < -0.4 is 6.15 Å². The van der Waals surface area contributed by atoms with Crippen molar-refractivity contribution in [1.29, 1.82) is 0 Å². The fraction of sp³-hybridized carbons (Fsp3) is 0.250. The van der Waals surface area contributed by atoms with Gasteiger partial charge in [-0.05, 0) is 19.1 Å². The van der Waals surface area contributed by atoms with Crippen LogP contribution in [0.3, 0.4) is 0 Å². The van der Waals surface area contributed by atoms with Gasteiger partial charge < -0.3 is 10.9 Å². The van der Waals surface area contributed by atoms with Gasteiger partial charge >= 0.3 is 5.97 Å². The summed E-state index contributed by atoms with van der Waals surface area (Å²) in [4.78, 5) is 14.8. The van der Waals surface area contributed by atoms with Crippen LogP contribution in [0.2, 0.25) is 0 Å². The number of carbonyl (C=O) groups is 1. The number of hydrogen-bond acceptors (Lipinski definition) is 4. The minimum Gasteiger partial charge on any atom is -0.462 e. The summed E-state index contributed by atoms with van der Waals surface area (Å²) in [5.41, 5.74) is 0.495. The maximum absolute atomic E-state index is 11.0. The standard InChI is InChI=1S/C8H9NO2.H3N/c1-2-11-8(10)7-4-3-5-9-6-7;/h3-6H,2H2,1H3;1H3. The minimum atomic E-state index is -0.319. The van der Waals surface area contributed by atoms with E-state index in [4.69, 9.17) is 4.74 Å². The van der Waals surface area contributed by atoms with Crippen LogP contribution in [0.25, 0.3) is 0 Å². The maximum atomic E-state index is 11.0. The zero-order valence-electron chi connectivity index (χ0n) is 6.99.